The van der Waals surface area contributed by atoms with Crippen molar-refractivity contribution in [3.05, 3.63) is 65.2 Å². The Kier molecular flexibility index (Phi) is 5.74. The lowest BCUT2D eigenvalue weighted by Crippen LogP contribution is -2.28. The zero-order chi connectivity index (χ0) is 16.7. The van der Waals surface area contributed by atoms with Crippen LogP contribution in [0.3, 0.4) is 0 Å². The van der Waals surface area contributed by atoms with Crippen LogP contribution >= 0.6 is 0 Å². The standard InChI is InChI=1S/C18H20N2O3/c1-13-6-4-5-7-16(13)23-12-14-8-10-15(11-9-14)17(20-22-3)18(21)19-2/h4-11H,12H2,1-3H3,(H,19,21). The Morgan fingerprint density at radius 1 is 1.13 bits per heavy atom. The summed E-state index contributed by atoms with van der Waals surface area (Å²) in [5, 5.41) is 6.31. The Morgan fingerprint density at radius 2 is 1.83 bits per heavy atom. The second-order valence-electron chi connectivity index (χ2n) is 4.95. The summed E-state index contributed by atoms with van der Waals surface area (Å²) in [6.45, 7) is 2.47. The van der Waals surface area contributed by atoms with Gasteiger partial charge in [-0.3, -0.25) is 4.79 Å². The smallest absolute Gasteiger partial charge is 0.273 e. The molecule has 120 valence electrons. The second kappa shape index (κ2) is 7.98. The number of hydrogen-bond donors (Lipinski definition) is 1. The van der Waals surface area contributed by atoms with E-state index in [-0.39, 0.29) is 11.6 Å². The molecule has 0 aliphatic rings. The molecule has 23 heavy (non-hydrogen) atoms. The molecule has 1 amide bonds. The van der Waals surface area contributed by atoms with E-state index >= 15 is 0 Å². The van der Waals surface area contributed by atoms with Gasteiger partial charge in [0.2, 0.25) is 0 Å². The summed E-state index contributed by atoms with van der Waals surface area (Å²) in [6.07, 6.45) is 0. The number of carbonyl (C=O) groups is 1. The van der Waals surface area contributed by atoms with Crippen LogP contribution in [0.15, 0.2) is 53.7 Å². The second-order valence-corrected chi connectivity index (χ2v) is 4.95. The summed E-state index contributed by atoms with van der Waals surface area (Å²) in [7, 11) is 2.96. The molecule has 0 fully saturated rings. The van der Waals surface area contributed by atoms with E-state index in [1.807, 2.05) is 55.5 Å². The Balaban J connectivity index is 2.08. The lowest BCUT2D eigenvalue weighted by Gasteiger charge is -2.10. The van der Waals surface area contributed by atoms with Crippen molar-refractivity contribution >= 4 is 11.6 Å². The Bertz CT molecular complexity index is 694. The first-order valence-corrected chi connectivity index (χ1v) is 7.26. The summed E-state index contributed by atoms with van der Waals surface area (Å²) < 4.78 is 5.81. The first kappa shape index (κ1) is 16.5. The van der Waals surface area contributed by atoms with E-state index in [0.29, 0.717) is 12.2 Å². The summed E-state index contributed by atoms with van der Waals surface area (Å²) in [4.78, 5) is 16.5. The van der Waals surface area contributed by atoms with Crippen molar-refractivity contribution in [2.24, 2.45) is 5.16 Å². The number of rotatable bonds is 6. The number of nitrogens with zero attached hydrogens (tertiary/aromatic N) is 1. The van der Waals surface area contributed by atoms with E-state index < -0.39 is 0 Å². The zero-order valence-electron chi connectivity index (χ0n) is 13.5. The fourth-order valence-electron chi connectivity index (χ4n) is 2.07. The van der Waals surface area contributed by atoms with Gasteiger partial charge >= 0.3 is 0 Å². The number of aryl methyl sites for hydroxylation is 1. The first-order chi connectivity index (χ1) is 11.2. The number of carbonyl (C=O) groups excluding carboxylic acids is 1. The molecule has 2 aromatic carbocycles. The van der Waals surface area contributed by atoms with Crippen LogP contribution in [0.5, 0.6) is 5.75 Å². The lowest BCUT2D eigenvalue weighted by molar-refractivity contribution is -0.114. The maximum absolute atomic E-state index is 11.8. The summed E-state index contributed by atoms with van der Waals surface area (Å²) >= 11 is 0. The molecule has 0 spiro atoms. The molecule has 0 aliphatic heterocycles. The molecule has 0 saturated heterocycles. The lowest BCUT2D eigenvalue weighted by atomic mass is 10.1. The highest BCUT2D eigenvalue weighted by atomic mass is 16.6. The number of oxime groups is 1. The molecule has 0 heterocycles. The van der Waals surface area contributed by atoms with Crippen LogP contribution in [-0.4, -0.2) is 25.8 Å². The third-order valence-corrected chi connectivity index (χ3v) is 3.34. The Morgan fingerprint density at radius 3 is 2.43 bits per heavy atom. The highest BCUT2D eigenvalue weighted by Gasteiger charge is 2.13. The highest BCUT2D eigenvalue weighted by Crippen LogP contribution is 2.18. The van der Waals surface area contributed by atoms with E-state index in [0.717, 1.165) is 16.9 Å². The van der Waals surface area contributed by atoms with Crippen molar-refractivity contribution in [3.63, 3.8) is 0 Å². The zero-order valence-corrected chi connectivity index (χ0v) is 13.5. The molecule has 5 nitrogen and oxygen atoms in total. The number of amides is 1. The van der Waals surface area contributed by atoms with Crippen LogP contribution in [0, 0.1) is 6.92 Å². The van der Waals surface area contributed by atoms with Gasteiger partial charge in [-0.15, -0.1) is 0 Å². The van der Waals surface area contributed by atoms with Gasteiger partial charge in [0.1, 0.15) is 19.5 Å². The maximum atomic E-state index is 11.8. The van der Waals surface area contributed by atoms with E-state index in [2.05, 4.69) is 10.5 Å². The van der Waals surface area contributed by atoms with Crippen molar-refractivity contribution in [2.75, 3.05) is 14.2 Å². The molecule has 0 saturated carbocycles. The van der Waals surface area contributed by atoms with Gasteiger partial charge in [0.25, 0.3) is 5.91 Å². The third kappa shape index (κ3) is 4.32. The van der Waals surface area contributed by atoms with Gasteiger partial charge in [0.05, 0.1) is 0 Å². The number of hydrogen-bond acceptors (Lipinski definition) is 4. The molecule has 0 unspecified atom stereocenters. The maximum Gasteiger partial charge on any atom is 0.273 e. The molecular formula is C18H20N2O3. The fourth-order valence-corrected chi connectivity index (χ4v) is 2.07. The van der Waals surface area contributed by atoms with Crippen LogP contribution in [0.1, 0.15) is 16.7 Å². The molecule has 2 aromatic rings. The predicted octanol–water partition coefficient (Wildman–Crippen LogP) is 2.67. The minimum Gasteiger partial charge on any atom is -0.489 e. The van der Waals surface area contributed by atoms with Crippen molar-refractivity contribution in [1.29, 1.82) is 0 Å². The number of para-hydroxylation sites is 1. The van der Waals surface area contributed by atoms with Crippen molar-refractivity contribution in [3.8, 4) is 5.75 Å². The van der Waals surface area contributed by atoms with Crippen molar-refractivity contribution < 1.29 is 14.4 Å². The minimum absolute atomic E-state index is 0.237. The molecule has 0 bridgehead atoms. The quantitative estimate of drug-likeness (QED) is 0.659. The SMILES string of the molecule is CNC(=O)C(=NOC)c1ccc(COc2ccccc2C)cc1. The molecule has 0 radical (unpaired) electrons. The van der Waals surface area contributed by atoms with Gasteiger partial charge in [-0.2, -0.15) is 0 Å². The molecule has 0 aromatic heterocycles. The van der Waals surface area contributed by atoms with Gasteiger partial charge in [0, 0.05) is 12.6 Å². The van der Waals surface area contributed by atoms with Crippen molar-refractivity contribution in [2.45, 2.75) is 13.5 Å². The summed E-state index contributed by atoms with van der Waals surface area (Å²) in [6, 6.07) is 15.3. The van der Waals surface area contributed by atoms with E-state index in [1.165, 1.54) is 7.11 Å². The van der Waals surface area contributed by atoms with E-state index in [4.69, 9.17) is 9.57 Å². The van der Waals surface area contributed by atoms with Gasteiger partial charge < -0.3 is 14.9 Å². The summed E-state index contributed by atoms with van der Waals surface area (Å²) in [5.41, 5.74) is 3.02. The summed E-state index contributed by atoms with van der Waals surface area (Å²) in [5.74, 6) is 0.569. The average Bonchev–Trinajstić information content (AvgIpc) is 2.59. The fraction of sp³-hybridized carbons (Fsp3) is 0.222. The third-order valence-electron chi connectivity index (χ3n) is 3.34. The van der Waals surface area contributed by atoms with Crippen LogP contribution in [-0.2, 0) is 16.2 Å². The van der Waals surface area contributed by atoms with Crippen molar-refractivity contribution in [1.82, 2.24) is 5.32 Å². The first-order valence-electron chi connectivity index (χ1n) is 7.26. The average molecular weight is 312 g/mol. The normalized spacial score (nSPS) is 11.0. The minimum atomic E-state index is -0.296. The van der Waals surface area contributed by atoms with Crippen LogP contribution < -0.4 is 10.1 Å². The number of benzene rings is 2. The molecule has 1 N–H and O–H groups in total. The Labute approximate surface area is 135 Å². The van der Waals surface area contributed by atoms with Gasteiger partial charge in [0.15, 0.2) is 5.71 Å². The van der Waals surface area contributed by atoms with E-state index in [1.54, 1.807) is 7.05 Å². The number of likely N-dealkylation sites (N-methyl/N-ethyl adjacent to an activating group) is 1. The van der Waals surface area contributed by atoms with Crippen LogP contribution in [0.25, 0.3) is 0 Å². The molecule has 0 aliphatic carbocycles. The van der Waals surface area contributed by atoms with Gasteiger partial charge in [-0.1, -0.05) is 47.6 Å². The molecular weight excluding hydrogens is 292 g/mol. The predicted molar refractivity (Wildman–Crippen MR) is 89.6 cm³/mol. The number of ether oxygens (including phenoxy) is 1. The number of nitrogens with one attached hydrogen (secondary N) is 1. The molecule has 2 rings (SSSR count). The Hall–Kier alpha value is -2.82. The van der Waals surface area contributed by atoms with Crippen LogP contribution in [0.4, 0.5) is 0 Å². The van der Waals surface area contributed by atoms with Gasteiger partial charge in [-0.25, -0.2) is 0 Å². The molecule has 5 heteroatoms. The van der Waals surface area contributed by atoms with Crippen LogP contribution in [0.2, 0.25) is 0 Å². The van der Waals surface area contributed by atoms with E-state index in [9.17, 15) is 4.79 Å². The highest BCUT2D eigenvalue weighted by molar-refractivity contribution is 6.45. The largest absolute Gasteiger partial charge is 0.489 e. The topological polar surface area (TPSA) is 59.9 Å². The van der Waals surface area contributed by atoms with Gasteiger partial charge in [-0.05, 0) is 24.1 Å². The monoisotopic (exact) mass is 312 g/mol. The molecule has 0 atom stereocenters.